The van der Waals surface area contributed by atoms with Gasteiger partial charge in [-0.25, -0.2) is 0 Å². The summed E-state index contributed by atoms with van der Waals surface area (Å²) in [5, 5.41) is 10.4. The van der Waals surface area contributed by atoms with Gasteiger partial charge in [0.05, 0.1) is 6.10 Å². The molecule has 0 saturated heterocycles. The molecular weight excluding hydrogens is 408 g/mol. The first-order valence-electron chi connectivity index (χ1n) is 14.3. The van der Waals surface area contributed by atoms with E-state index in [0.29, 0.717) is 23.2 Å². The number of esters is 1. The van der Waals surface area contributed by atoms with E-state index in [9.17, 15) is 9.90 Å². The topological polar surface area (TPSA) is 46.5 Å². The average molecular weight is 461 g/mol. The second kappa shape index (κ2) is 9.47. The Morgan fingerprint density at radius 1 is 1.00 bits per heavy atom. The van der Waals surface area contributed by atoms with Crippen LogP contribution in [0.3, 0.4) is 0 Å². The summed E-state index contributed by atoms with van der Waals surface area (Å²) in [5.41, 5.74) is 0.499. The van der Waals surface area contributed by atoms with Crippen molar-refractivity contribution >= 4 is 5.97 Å². The van der Waals surface area contributed by atoms with Crippen molar-refractivity contribution in [1.29, 1.82) is 0 Å². The Morgan fingerprint density at radius 3 is 2.39 bits per heavy atom. The van der Waals surface area contributed by atoms with Crippen LogP contribution >= 0.6 is 0 Å². The molecule has 4 saturated carbocycles. The molecule has 0 heterocycles. The van der Waals surface area contributed by atoms with Crippen LogP contribution in [0.1, 0.15) is 113 Å². The second-order valence-corrected chi connectivity index (χ2v) is 13.8. The van der Waals surface area contributed by atoms with Crippen molar-refractivity contribution in [2.75, 3.05) is 0 Å². The number of fused-ring (bicyclic) bond motifs is 5. The molecule has 0 radical (unpaired) electrons. The number of carbonyl (C=O) groups is 1. The molecule has 11 unspecified atom stereocenters. The zero-order chi connectivity index (χ0) is 24.1. The van der Waals surface area contributed by atoms with Crippen LogP contribution in [-0.4, -0.2) is 23.3 Å². The monoisotopic (exact) mass is 460 g/mol. The Bertz CT molecular complexity index is 703. The van der Waals surface area contributed by atoms with E-state index in [-0.39, 0.29) is 23.6 Å². The predicted molar refractivity (Wildman–Crippen MR) is 135 cm³/mol. The van der Waals surface area contributed by atoms with E-state index in [4.69, 9.17) is 4.74 Å². The zero-order valence-electron chi connectivity index (χ0n) is 22.6. The molecule has 4 aliphatic carbocycles. The maximum atomic E-state index is 12.3. The van der Waals surface area contributed by atoms with Crippen LogP contribution in [0.5, 0.6) is 0 Å². The minimum atomic E-state index is -0.134. The number of carbonyl (C=O) groups excluding carboxylic acids is 1. The first-order chi connectivity index (χ1) is 15.5. The third-order valence-electron chi connectivity index (χ3n) is 11.8. The van der Waals surface area contributed by atoms with Crippen LogP contribution in [0.2, 0.25) is 0 Å². The van der Waals surface area contributed by atoms with Gasteiger partial charge < -0.3 is 9.84 Å². The van der Waals surface area contributed by atoms with Gasteiger partial charge >= 0.3 is 5.97 Å². The molecule has 3 heteroatoms. The van der Waals surface area contributed by atoms with Gasteiger partial charge in [-0.3, -0.25) is 4.79 Å². The third-order valence-corrected chi connectivity index (χ3v) is 11.8. The van der Waals surface area contributed by atoms with Crippen LogP contribution in [0, 0.1) is 58.2 Å². The smallest absolute Gasteiger partial charge is 0.302 e. The molecule has 4 fully saturated rings. The van der Waals surface area contributed by atoms with Gasteiger partial charge in [-0.1, -0.05) is 54.4 Å². The minimum absolute atomic E-state index is 0.0548. The van der Waals surface area contributed by atoms with Crippen molar-refractivity contribution in [2.45, 2.75) is 125 Å². The van der Waals surface area contributed by atoms with Gasteiger partial charge in [-0.2, -0.15) is 0 Å². The molecule has 3 nitrogen and oxygen atoms in total. The maximum absolute atomic E-state index is 12.3. The summed E-state index contributed by atoms with van der Waals surface area (Å²) < 4.78 is 6.23. The standard InChI is InChI=1S/C30H52O3/c1-18(2)19(3)8-9-20(4)25-12-13-26-24-11-10-22-16-23(32)14-15-29(22,6)28(24)27(33-21(5)31)17-30(25,26)7/h18-20,22-28,32H,8-17H2,1-7H3. The van der Waals surface area contributed by atoms with Crippen LogP contribution in [0.15, 0.2) is 0 Å². The molecule has 4 aliphatic rings. The zero-order valence-corrected chi connectivity index (χ0v) is 22.6. The lowest BCUT2D eigenvalue weighted by molar-refractivity contribution is -0.199. The van der Waals surface area contributed by atoms with Crippen LogP contribution in [0.4, 0.5) is 0 Å². The molecule has 0 bridgehead atoms. The lowest BCUT2D eigenvalue weighted by Crippen LogP contribution is -2.60. The van der Waals surface area contributed by atoms with E-state index in [0.717, 1.165) is 55.3 Å². The summed E-state index contributed by atoms with van der Waals surface area (Å²) >= 11 is 0. The Morgan fingerprint density at radius 2 is 1.73 bits per heavy atom. The molecule has 190 valence electrons. The van der Waals surface area contributed by atoms with Crippen LogP contribution in [-0.2, 0) is 9.53 Å². The first kappa shape index (κ1) is 25.5. The van der Waals surface area contributed by atoms with Crippen molar-refractivity contribution in [3.05, 3.63) is 0 Å². The summed E-state index contributed by atoms with van der Waals surface area (Å²) in [5.74, 6) is 5.45. The minimum Gasteiger partial charge on any atom is -0.462 e. The summed E-state index contributed by atoms with van der Waals surface area (Å²) in [7, 11) is 0. The fourth-order valence-corrected chi connectivity index (χ4v) is 9.68. The maximum Gasteiger partial charge on any atom is 0.302 e. The van der Waals surface area contributed by atoms with Gasteiger partial charge in [0.2, 0.25) is 0 Å². The molecule has 33 heavy (non-hydrogen) atoms. The van der Waals surface area contributed by atoms with Gasteiger partial charge in [0.1, 0.15) is 6.10 Å². The number of aliphatic hydroxyl groups is 1. The second-order valence-electron chi connectivity index (χ2n) is 13.8. The highest BCUT2D eigenvalue weighted by molar-refractivity contribution is 5.66. The molecule has 0 aromatic carbocycles. The van der Waals surface area contributed by atoms with E-state index < -0.39 is 0 Å². The molecule has 0 aliphatic heterocycles. The predicted octanol–water partition coefficient (Wildman–Crippen LogP) is 7.26. The lowest BCUT2D eigenvalue weighted by atomic mass is 9.43. The highest BCUT2D eigenvalue weighted by Crippen LogP contribution is 2.68. The van der Waals surface area contributed by atoms with Crippen molar-refractivity contribution in [3.63, 3.8) is 0 Å². The van der Waals surface area contributed by atoms with E-state index in [1.54, 1.807) is 6.92 Å². The van der Waals surface area contributed by atoms with Gasteiger partial charge in [0.25, 0.3) is 0 Å². The van der Waals surface area contributed by atoms with E-state index in [1.165, 1.54) is 38.5 Å². The number of aliphatic hydroxyl groups excluding tert-OH is 1. The number of hydrogen-bond acceptors (Lipinski definition) is 3. The van der Waals surface area contributed by atoms with Gasteiger partial charge in [0.15, 0.2) is 0 Å². The highest BCUT2D eigenvalue weighted by atomic mass is 16.5. The van der Waals surface area contributed by atoms with Crippen molar-refractivity contribution in [1.82, 2.24) is 0 Å². The van der Waals surface area contributed by atoms with Crippen LogP contribution < -0.4 is 0 Å². The van der Waals surface area contributed by atoms with Gasteiger partial charge in [0, 0.05) is 12.8 Å². The highest BCUT2D eigenvalue weighted by Gasteiger charge is 2.64. The molecule has 11 atom stereocenters. The lowest BCUT2D eigenvalue weighted by Gasteiger charge is -2.63. The van der Waals surface area contributed by atoms with Crippen molar-refractivity contribution < 1.29 is 14.6 Å². The molecule has 0 aromatic rings. The number of ether oxygens (including phenoxy) is 1. The van der Waals surface area contributed by atoms with E-state index in [2.05, 4.69) is 41.5 Å². The fraction of sp³-hybridized carbons (Fsp3) is 0.967. The SMILES string of the molecule is CC(=O)OC1CC2(C)C(C(C)CCC(C)C(C)C)CCC2C2CCC3CC(O)CCC3(C)C12. The number of rotatable bonds is 6. The van der Waals surface area contributed by atoms with Crippen molar-refractivity contribution in [3.8, 4) is 0 Å². The summed E-state index contributed by atoms with van der Waals surface area (Å²) in [6.07, 6.45) is 11.8. The first-order valence-corrected chi connectivity index (χ1v) is 14.3. The summed E-state index contributed by atoms with van der Waals surface area (Å²) in [6.45, 7) is 16.3. The van der Waals surface area contributed by atoms with E-state index >= 15 is 0 Å². The Hall–Kier alpha value is -0.570. The largest absolute Gasteiger partial charge is 0.462 e. The van der Waals surface area contributed by atoms with Gasteiger partial charge in [-0.05, 0) is 104 Å². The fourth-order valence-electron chi connectivity index (χ4n) is 9.68. The Kier molecular flexibility index (Phi) is 7.33. The molecule has 4 rings (SSSR count). The molecule has 0 aromatic heterocycles. The quantitative estimate of drug-likeness (QED) is 0.424. The third kappa shape index (κ3) is 4.54. The average Bonchev–Trinajstić information content (AvgIpc) is 3.08. The van der Waals surface area contributed by atoms with E-state index in [1.807, 2.05) is 0 Å². The van der Waals surface area contributed by atoms with Crippen molar-refractivity contribution in [2.24, 2.45) is 58.2 Å². The summed E-state index contributed by atoms with van der Waals surface area (Å²) in [4.78, 5) is 12.3. The Labute approximate surface area is 203 Å². The van der Waals surface area contributed by atoms with Gasteiger partial charge in [-0.15, -0.1) is 0 Å². The number of hydrogen-bond donors (Lipinski definition) is 1. The molecular formula is C30H52O3. The van der Waals surface area contributed by atoms with Crippen LogP contribution in [0.25, 0.3) is 0 Å². The normalized spacial score (nSPS) is 46.8. The summed E-state index contributed by atoms with van der Waals surface area (Å²) in [6, 6.07) is 0. The molecule has 0 spiro atoms. The molecule has 0 amide bonds. The molecule has 1 N–H and O–H groups in total. The Balaban J connectivity index is 1.59.